The average molecular weight is 349 g/mol. The van der Waals surface area contributed by atoms with Crippen molar-refractivity contribution in [2.75, 3.05) is 0 Å². The number of hydrogen-bond donors (Lipinski definition) is 0. The summed E-state index contributed by atoms with van der Waals surface area (Å²) in [6.07, 6.45) is 13.3. The number of ether oxygens (including phenoxy) is 1. The van der Waals surface area contributed by atoms with E-state index in [0.29, 0.717) is 6.61 Å². The van der Waals surface area contributed by atoms with Crippen LogP contribution < -0.4 is 4.74 Å². The molecule has 3 rings (SSSR count). The summed E-state index contributed by atoms with van der Waals surface area (Å²) in [6, 6.07) is 18.9. The number of hydrogen-bond acceptors (Lipinski definition) is 1. The van der Waals surface area contributed by atoms with Crippen LogP contribution in [-0.4, -0.2) is 0 Å². The zero-order valence-corrected chi connectivity index (χ0v) is 16.1. The van der Waals surface area contributed by atoms with Crippen LogP contribution >= 0.6 is 0 Å². The standard InChI is InChI=1S/C25H32O/c1-2-3-4-6-9-21-12-16-23(17-13-21)24-18-14-22(15-19-24)20-26-25-10-7-5-8-11-25/h5,7-8,10-11,14-16,18-19,21H,2-4,6,9,12-13,17,20H2,1H3. The SMILES string of the molecule is CCCCCCC1CC=C(c2ccc(COc3ccccc3)cc2)CC1. The van der Waals surface area contributed by atoms with Gasteiger partial charge in [-0.2, -0.15) is 0 Å². The highest BCUT2D eigenvalue weighted by atomic mass is 16.5. The second-order valence-electron chi connectivity index (χ2n) is 7.52. The minimum atomic E-state index is 0.628. The number of allylic oxidation sites excluding steroid dienone is 2. The Bertz CT molecular complexity index is 669. The highest BCUT2D eigenvalue weighted by Crippen LogP contribution is 2.33. The molecule has 2 aromatic carbocycles. The molecule has 0 saturated carbocycles. The van der Waals surface area contributed by atoms with Crippen molar-refractivity contribution in [3.63, 3.8) is 0 Å². The third-order valence-electron chi connectivity index (χ3n) is 5.46. The van der Waals surface area contributed by atoms with Crippen LogP contribution in [0.3, 0.4) is 0 Å². The molecule has 1 unspecified atom stereocenters. The van der Waals surface area contributed by atoms with E-state index in [1.165, 1.54) is 68.1 Å². The first-order valence-corrected chi connectivity index (χ1v) is 10.3. The zero-order valence-electron chi connectivity index (χ0n) is 16.1. The topological polar surface area (TPSA) is 9.23 Å². The molecule has 0 fully saturated rings. The highest BCUT2D eigenvalue weighted by molar-refractivity contribution is 5.66. The normalized spacial score (nSPS) is 17.0. The van der Waals surface area contributed by atoms with E-state index in [-0.39, 0.29) is 0 Å². The van der Waals surface area contributed by atoms with E-state index in [2.05, 4.69) is 37.3 Å². The number of rotatable bonds is 9. The minimum Gasteiger partial charge on any atom is -0.489 e. The molecule has 0 radical (unpaired) electrons. The van der Waals surface area contributed by atoms with Gasteiger partial charge in [0.15, 0.2) is 0 Å². The first-order chi connectivity index (χ1) is 12.8. The van der Waals surface area contributed by atoms with Gasteiger partial charge >= 0.3 is 0 Å². The van der Waals surface area contributed by atoms with Crippen molar-refractivity contribution in [3.8, 4) is 5.75 Å². The number of benzene rings is 2. The van der Waals surface area contributed by atoms with Gasteiger partial charge in [0, 0.05) is 0 Å². The first kappa shape index (κ1) is 18.8. The van der Waals surface area contributed by atoms with Crippen LogP contribution in [0.5, 0.6) is 5.75 Å². The molecule has 0 aromatic heterocycles. The highest BCUT2D eigenvalue weighted by Gasteiger charge is 2.15. The van der Waals surface area contributed by atoms with E-state index in [4.69, 9.17) is 4.74 Å². The Hall–Kier alpha value is -2.02. The molecule has 0 bridgehead atoms. The minimum absolute atomic E-state index is 0.628. The van der Waals surface area contributed by atoms with Gasteiger partial charge in [-0.3, -0.25) is 0 Å². The van der Waals surface area contributed by atoms with E-state index < -0.39 is 0 Å². The van der Waals surface area contributed by atoms with E-state index in [1.807, 2.05) is 30.3 Å². The maximum absolute atomic E-state index is 5.83. The Balaban J connectivity index is 1.47. The predicted octanol–water partition coefficient (Wildman–Crippen LogP) is 7.42. The van der Waals surface area contributed by atoms with Crippen LogP contribution in [-0.2, 0) is 6.61 Å². The molecule has 26 heavy (non-hydrogen) atoms. The Morgan fingerprint density at radius 2 is 1.73 bits per heavy atom. The summed E-state index contributed by atoms with van der Waals surface area (Å²) in [5, 5.41) is 0. The fraction of sp³-hybridized carbons (Fsp3) is 0.440. The third kappa shape index (κ3) is 5.76. The summed E-state index contributed by atoms with van der Waals surface area (Å²) >= 11 is 0. The maximum atomic E-state index is 5.83. The van der Waals surface area contributed by atoms with Gasteiger partial charge < -0.3 is 4.74 Å². The Morgan fingerprint density at radius 3 is 2.42 bits per heavy atom. The number of unbranched alkanes of at least 4 members (excludes halogenated alkanes) is 3. The van der Waals surface area contributed by atoms with E-state index in [9.17, 15) is 0 Å². The predicted molar refractivity (Wildman–Crippen MR) is 111 cm³/mol. The van der Waals surface area contributed by atoms with Crippen molar-refractivity contribution in [1.82, 2.24) is 0 Å². The van der Waals surface area contributed by atoms with Crippen LogP contribution in [0.1, 0.15) is 69.4 Å². The van der Waals surface area contributed by atoms with Gasteiger partial charge in [-0.1, -0.05) is 87.6 Å². The van der Waals surface area contributed by atoms with Crippen molar-refractivity contribution in [1.29, 1.82) is 0 Å². The van der Waals surface area contributed by atoms with Crippen LogP contribution in [0, 0.1) is 5.92 Å². The molecule has 0 amide bonds. The lowest BCUT2D eigenvalue weighted by Gasteiger charge is -2.22. The summed E-state index contributed by atoms with van der Waals surface area (Å²) in [5.74, 6) is 1.84. The summed E-state index contributed by atoms with van der Waals surface area (Å²) in [4.78, 5) is 0. The average Bonchev–Trinajstić information content (AvgIpc) is 2.71. The van der Waals surface area contributed by atoms with Crippen LogP contribution in [0.2, 0.25) is 0 Å². The lowest BCUT2D eigenvalue weighted by atomic mass is 9.84. The first-order valence-electron chi connectivity index (χ1n) is 10.3. The molecule has 0 heterocycles. The quantitative estimate of drug-likeness (QED) is 0.428. The summed E-state index contributed by atoms with van der Waals surface area (Å²) in [6.45, 7) is 2.91. The molecule has 1 atom stereocenters. The number of para-hydroxylation sites is 1. The van der Waals surface area contributed by atoms with Crippen LogP contribution in [0.15, 0.2) is 60.7 Å². The smallest absolute Gasteiger partial charge is 0.119 e. The van der Waals surface area contributed by atoms with Crippen molar-refractivity contribution in [2.24, 2.45) is 5.92 Å². The van der Waals surface area contributed by atoms with Gasteiger partial charge in [0.05, 0.1) is 0 Å². The molecule has 0 saturated heterocycles. The van der Waals surface area contributed by atoms with E-state index >= 15 is 0 Å². The molecule has 138 valence electrons. The Morgan fingerprint density at radius 1 is 0.923 bits per heavy atom. The largest absolute Gasteiger partial charge is 0.489 e. The molecule has 0 spiro atoms. The molecular weight excluding hydrogens is 316 g/mol. The lowest BCUT2D eigenvalue weighted by Crippen LogP contribution is -2.05. The lowest BCUT2D eigenvalue weighted by molar-refractivity contribution is 0.306. The summed E-state index contributed by atoms with van der Waals surface area (Å²) in [7, 11) is 0. The monoisotopic (exact) mass is 348 g/mol. The van der Waals surface area contributed by atoms with Gasteiger partial charge in [-0.05, 0) is 54.0 Å². The van der Waals surface area contributed by atoms with Gasteiger partial charge in [0.2, 0.25) is 0 Å². The molecule has 2 aromatic rings. The second kappa shape index (κ2) is 10.2. The van der Waals surface area contributed by atoms with Crippen molar-refractivity contribution >= 4 is 5.57 Å². The molecule has 0 aliphatic heterocycles. The molecule has 1 aliphatic carbocycles. The van der Waals surface area contributed by atoms with Crippen molar-refractivity contribution in [3.05, 3.63) is 71.8 Å². The molecule has 0 N–H and O–H groups in total. The fourth-order valence-corrected chi connectivity index (χ4v) is 3.77. The Labute approximate surface area is 159 Å². The van der Waals surface area contributed by atoms with E-state index in [0.717, 1.165) is 11.7 Å². The van der Waals surface area contributed by atoms with Crippen molar-refractivity contribution in [2.45, 2.75) is 64.9 Å². The van der Waals surface area contributed by atoms with Gasteiger partial charge in [0.25, 0.3) is 0 Å². The molecule has 1 heteroatoms. The van der Waals surface area contributed by atoms with E-state index in [1.54, 1.807) is 0 Å². The molecule has 1 aliphatic rings. The maximum Gasteiger partial charge on any atom is 0.119 e. The second-order valence-corrected chi connectivity index (χ2v) is 7.52. The van der Waals surface area contributed by atoms with Gasteiger partial charge in [-0.15, -0.1) is 0 Å². The van der Waals surface area contributed by atoms with Crippen LogP contribution in [0.25, 0.3) is 5.57 Å². The summed E-state index contributed by atoms with van der Waals surface area (Å²) < 4.78 is 5.83. The summed E-state index contributed by atoms with van der Waals surface area (Å²) in [5.41, 5.74) is 4.14. The van der Waals surface area contributed by atoms with Gasteiger partial charge in [-0.25, -0.2) is 0 Å². The third-order valence-corrected chi connectivity index (χ3v) is 5.46. The fourth-order valence-electron chi connectivity index (χ4n) is 3.77. The molecular formula is C25H32O. The van der Waals surface area contributed by atoms with Crippen molar-refractivity contribution < 1.29 is 4.74 Å². The zero-order chi connectivity index (χ0) is 18.0. The van der Waals surface area contributed by atoms with Crippen LogP contribution in [0.4, 0.5) is 0 Å². The van der Waals surface area contributed by atoms with Gasteiger partial charge in [0.1, 0.15) is 12.4 Å². The molecule has 1 nitrogen and oxygen atoms in total. The Kier molecular flexibility index (Phi) is 7.37.